The van der Waals surface area contributed by atoms with Crippen LogP contribution in [0.25, 0.3) is 10.9 Å². The molecule has 16 heavy (non-hydrogen) atoms. The van der Waals surface area contributed by atoms with Crippen molar-refractivity contribution in [2.75, 3.05) is 0 Å². The molecule has 1 aromatic carbocycles. The van der Waals surface area contributed by atoms with Gasteiger partial charge in [-0.1, -0.05) is 13.8 Å². The van der Waals surface area contributed by atoms with Crippen LogP contribution in [0.15, 0.2) is 18.3 Å². The Morgan fingerprint density at radius 3 is 2.94 bits per heavy atom. The lowest BCUT2D eigenvalue weighted by atomic mass is 9.93. The summed E-state index contributed by atoms with van der Waals surface area (Å²) in [5.41, 5.74) is 4.25. The number of nitrogens with one attached hydrogen (secondary N) is 2. The fourth-order valence-corrected chi connectivity index (χ4v) is 2.48. The molecule has 1 aliphatic rings. The molecule has 0 fully saturated rings. The van der Waals surface area contributed by atoms with Gasteiger partial charge in [-0.2, -0.15) is 0 Å². The molecule has 1 amide bonds. The Labute approximate surface area is 93.9 Å². The molecule has 2 N–H and O–H groups in total. The van der Waals surface area contributed by atoms with Crippen LogP contribution in [0.1, 0.15) is 41.3 Å². The van der Waals surface area contributed by atoms with E-state index in [1.165, 1.54) is 5.56 Å². The van der Waals surface area contributed by atoms with E-state index in [2.05, 4.69) is 30.2 Å². The third-order valence-electron chi connectivity index (χ3n) is 3.27. The first-order chi connectivity index (χ1) is 7.68. The third-order valence-corrected chi connectivity index (χ3v) is 3.27. The Hall–Kier alpha value is -1.77. The van der Waals surface area contributed by atoms with E-state index < -0.39 is 0 Å². The van der Waals surface area contributed by atoms with E-state index in [1.807, 2.05) is 12.3 Å². The normalized spacial score (nSPS) is 14.6. The van der Waals surface area contributed by atoms with Crippen molar-refractivity contribution < 1.29 is 4.79 Å². The molecule has 0 unspecified atom stereocenters. The highest BCUT2D eigenvalue weighted by Crippen LogP contribution is 2.32. The predicted molar refractivity (Wildman–Crippen MR) is 63.6 cm³/mol. The number of H-pyrrole nitrogens is 1. The lowest BCUT2D eigenvalue weighted by Gasteiger charge is -2.11. The van der Waals surface area contributed by atoms with Crippen LogP contribution in [-0.2, 0) is 6.54 Å². The molecule has 1 aromatic heterocycles. The SMILES string of the molecule is CC(C)c1cc2cc[nH]c2c2c1CNC2=O. The molecule has 3 rings (SSSR count). The highest BCUT2D eigenvalue weighted by atomic mass is 16.1. The van der Waals surface area contributed by atoms with Crippen LogP contribution in [0.5, 0.6) is 0 Å². The molecule has 3 nitrogen and oxygen atoms in total. The van der Waals surface area contributed by atoms with Gasteiger partial charge >= 0.3 is 0 Å². The lowest BCUT2D eigenvalue weighted by Crippen LogP contribution is -2.12. The Bertz CT molecular complexity index is 581. The van der Waals surface area contributed by atoms with Crippen molar-refractivity contribution in [3.63, 3.8) is 0 Å². The molecule has 2 aromatic rings. The van der Waals surface area contributed by atoms with Crippen molar-refractivity contribution in [3.05, 3.63) is 35.0 Å². The number of fused-ring (bicyclic) bond motifs is 3. The van der Waals surface area contributed by atoms with Crippen molar-refractivity contribution >= 4 is 16.8 Å². The summed E-state index contributed by atoms with van der Waals surface area (Å²) in [6.07, 6.45) is 1.89. The average Bonchev–Trinajstić information content (AvgIpc) is 2.82. The number of amides is 1. The van der Waals surface area contributed by atoms with E-state index >= 15 is 0 Å². The fourth-order valence-electron chi connectivity index (χ4n) is 2.48. The molecule has 0 radical (unpaired) electrons. The summed E-state index contributed by atoms with van der Waals surface area (Å²) in [7, 11) is 0. The number of aromatic nitrogens is 1. The molecule has 0 aliphatic carbocycles. The van der Waals surface area contributed by atoms with Gasteiger partial charge in [-0.25, -0.2) is 0 Å². The van der Waals surface area contributed by atoms with Gasteiger partial charge in [0.1, 0.15) is 0 Å². The number of hydrogen-bond acceptors (Lipinski definition) is 1. The minimum atomic E-state index is 0.0463. The maximum Gasteiger partial charge on any atom is 0.254 e. The smallest absolute Gasteiger partial charge is 0.254 e. The highest BCUT2D eigenvalue weighted by Gasteiger charge is 2.26. The first-order valence-electron chi connectivity index (χ1n) is 5.59. The minimum absolute atomic E-state index is 0.0463. The molecule has 3 heteroatoms. The molecule has 1 aliphatic heterocycles. The molecular formula is C13H14N2O. The molecule has 82 valence electrons. The van der Waals surface area contributed by atoms with Crippen LogP contribution >= 0.6 is 0 Å². The van der Waals surface area contributed by atoms with Crippen molar-refractivity contribution in [1.29, 1.82) is 0 Å². The van der Waals surface area contributed by atoms with E-state index in [1.54, 1.807) is 0 Å². The van der Waals surface area contributed by atoms with E-state index in [9.17, 15) is 4.79 Å². The number of aromatic amines is 1. The van der Waals surface area contributed by atoms with Crippen LogP contribution in [0.2, 0.25) is 0 Å². The van der Waals surface area contributed by atoms with Gasteiger partial charge in [0.05, 0.1) is 11.1 Å². The first-order valence-corrected chi connectivity index (χ1v) is 5.59. The predicted octanol–water partition coefficient (Wildman–Crippen LogP) is 2.53. The molecule has 0 bridgehead atoms. The fraction of sp³-hybridized carbons (Fsp3) is 0.308. The molecular weight excluding hydrogens is 200 g/mol. The van der Waals surface area contributed by atoms with Crippen molar-refractivity contribution in [1.82, 2.24) is 10.3 Å². The zero-order chi connectivity index (χ0) is 11.3. The Morgan fingerprint density at radius 2 is 2.19 bits per heavy atom. The number of carbonyl (C=O) groups is 1. The highest BCUT2D eigenvalue weighted by molar-refractivity contribution is 6.09. The number of carbonyl (C=O) groups excluding carboxylic acids is 1. The second kappa shape index (κ2) is 3.11. The average molecular weight is 214 g/mol. The van der Waals surface area contributed by atoms with Gasteiger partial charge in [-0.05, 0) is 29.2 Å². The Balaban J connectivity index is 2.42. The van der Waals surface area contributed by atoms with E-state index in [0.717, 1.165) is 22.0 Å². The van der Waals surface area contributed by atoms with Crippen LogP contribution in [0.4, 0.5) is 0 Å². The number of rotatable bonds is 1. The quantitative estimate of drug-likeness (QED) is 0.752. The second-order valence-corrected chi connectivity index (χ2v) is 4.60. The second-order valence-electron chi connectivity index (χ2n) is 4.60. The summed E-state index contributed by atoms with van der Waals surface area (Å²) in [4.78, 5) is 15.0. The van der Waals surface area contributed by atoms with E-state index in [4.69, 9.17) is 0 Å². The Kier molecular flexibility index (Phi) is 1.84. The summed E-state index contributed by atoms with van der Waals surface area (Å²) in [6, 6.07) is 4.21. The van der Waals surface area contributed by atoms with Gasteiger partial charge in [0.25, 0.3) is 5.91 Å². The largest absolute Gasteiger partial charge is 0.361 e. The maximum absolute atomic E-state index is 11.8. The van der Waals surface area contributed by atoms with Crippen molar-refractivity contribution in [2.45, 2.75) is 26.3 Å². The summed E-state index contributed by atoms with van der Waals surface area (Å²) in [6.45, 7) is 4.99. The van der Waals surface area contributed by atoms with Crippen LogP contribution in [0, 0.1) is 0 Å². The van der Waals surface area contributed by atoms with Gasteiger partial charge in [-0.15, -0.1) is 0 Å². The first kappa shape index (κ1) is 9.46. The monoisotopic (exact) mass is 214 g/mol. The van der Waals surface area contributed by atoms with Crippen molar-refractivity contribution in [3.8, 4) is 0 Å². The van der Waals surface area contributed by atoms with Crippen LogP contribution in [0.3, 0.4) is 0 Å². The molecule has 0 spiro atoms. The molecule has 2 heterocycles. The lowest BCUT2D eigenvalue weighted by molar-refractivity contribution is 0.0967. The Morgan fingerprint density at radius 1 is 1.38 bits per heavy atom. The topological polar surface area (TPSA) is 44.9 Å². The zero-order valence-corrected chi connectivity index (χ0v) is 9.42. The van der Waals surface area contributed by atoms with E-state index in [-0.39, 0.29) is 5.91 Å². The molecule has 0 saturated carbocycles. The standard InChI is InChI=1S/C13H14N2O/c1-7(2)9-5-8-3-4-14-12(8)11-10(9)6-15-13(11)16/h3-5,7,14H,6H2,1-2H3,(H,15,16). The van der Waals surface area contributed by atoms with Crippen LogP contribution in [-0.4, -0.2) is 10.9 Å². The summed E-state index contributed by atoms with van der Waals surface area (Å²) in [5.74, 6) is 0.491. The summed E-state index contributed by atoms with van der Waals surface area (Å²) < 4.78 is 0. The number of benzene rings is 1. The van der Waals surface area contributed by atoms with Crippen molar-refractivity contribution in [2.24, 2.45) is 0 Å². The molecule has 0 saturated heterocycles. The van der Waals surface area contributed by atoms with Gasteiger partial charge in [0, 0.05) is 18.1 Å². The summed E-state index contributed by atoms with van der Waals surface area (Å²) in [5, 5.41) is 4.03. The summed E-state index contributed by atoms with van der Waals surface area (Å²) >= 11 is 0. The number of hydrogen-bond donors (Lipinski definition) is 2. The van der Waals surface area contributed by atoms with Gasteiger partial charge in [-0.3, -0.25) is 4.79 Å². The minimum Gasteiger partial charge on any atom is -0.361 e. The van der Waals surface area contributed by atoms with Gasteiger partial charge in [0.15, 0.2) is 0 Å². The maximum atomic E-state index is 11.8. The third kappa shape index (κ3) is 1.11. The van der Waals surface area contributed by atoms with E-state index in [0.29, 0.717) is 12.5 Å². The van der Waals surface area contributed by atoms with Gasteiger partial charge in [0.2, 0.25) is 0 Å². The zero-order valence-electron chi connectivity index (χ0n) is 9.42. The van der Waals surface area contributed by atoms with Gasteiger partial charge < -0.3 is 10.3 Å². The molecule has 0 atom stereocenters. The van der Waals surface area contributed by atoms with Crippen LogP contribution < -0.4 is 5.32 Å².